The summed E-state index contributed by atoms with van der Waals surface area (Å²) in [6.45, 7) is 4.27. The number of aromatic nitrogens is 2. The van der Waals surface area contributed by atoms with Crippen molar-refractivity contribution in [3.63, 3.8) is 0 Å². The first-order valence-electron chi connectivity index (χ1n) is 5.91. The Bertz CT molecular complexity index is 594. The zero-order chi connectivity index (χ0) is 13.8. The van der Waals surface area contributed by atoms with Crippen molar-refractivity contribution >= 4 is 11.7 Å². The second-order valence-corrected chi connectivity index (χ2v) is 4.34. The number of nitrogens with one attached hydrogen (secondary N) is 1. The van der Waals surface area contributed by atoms with E-state index in [1.54, 1.807) is 12.3 Å². The molecule has 2 N–H and O–H groups in total. The first-order valence-corrected chi connectivity index (χ1v) is 5.91. The molecule has 0 radical (unpaired) electrons. The number of carboxylic acids is 1. The maximum Gasteiger partial charge on any atom is 0.339 e. The Hall–Kier alpha value is -2.43. The van der Waals surface area contributed by atoms with E-state index in [2.05, 4.69) is 15.3 Å². The zero-order valence-electron chi connectivity index (χ0n) is 10.8. The smallest absolute Gasteiger partial charge is 0.339 e. The fourth-order valence-electron chi connectivity index (χ4n) is 1.68. The van der Waals surface area contributed by atoms with Crippen molar-refractivity contribution < 1.29 is 9.90 Å². The molecule has 0 fully saturated rings. The molecule has 0 bridgehead atoms. The molecule has 0 aliphatic heterocycles. The number of carbonyl (C=O) groups is 1. The highest BCUT2D eigenvalue weighted by atomic mass is 16.4. The van der Waals surface area contributed by atoms with Crippen molar-refractivity contribution in [3.8, 4) is 0 Å². The Labute approximate surface area is 111 Å². The molecule has 0 aliphatic rings. The predicted molar refractivity (Wildman–Crippen MR) is 72.2 cm³/mol. The van der Waals surface area contributed by atoms with Gasteiger partial charge in [-0.05, 0) is 31.5 Å². The van der Waals surface area contributed by atoms with Gasteiger partial charge in [0.05, 0.1) is 5.69 Å². The molecule has 2 aromatic rings. The van der Waals surface area contributed by atoms with E-state index in [0.717, 1.165) is 17.0 Å². The third kappa shape index (κ3) is 3.28. The van der Waals surface area contributed by atoms with Gasteiger partial charge in [0.15, 0.2) is 0 Å². The highest BCUT2D eigenvalue weighted by Crippen LogP contribution is 2.16. The summed E-state index contributed by atoms with van der Waals surface area (Å²) < 4.78 is 0. The first-order chi connectivity index (χ1) is 9.06. The standard InChI is InChI=1S/C14H15N3O2/c1-9-3-4-11(6-15-9)7-17-13-5-10(2)16-8-12(13)14(18)19/h3-6,8H,7H2,1-2H3,(H,16,17)(H,18,19). The van der Waals surface area contributed by atoms with Crippen LogP contribution in [0.2, 0.25) is 0 Å². The van der Waals surface area contributed by atoms with E-state index in [1.165, 1.54) is 6.20 Å². The van der Waals surface area contributed by atoms with Gasteiger partial charge < -0.3 is 10.4 Å². The number of nitrogens with zero attached hydrogens (tertiary/aromatic N) is 2. The van der Waals surface area contributed by atoms with Gasteiger partial charge >= 0.3 is 5.97 Å². The molecule has 0 spiro atoms. The Balaban J connectivity index is 2.16. The molecule has 19 heavy (non-hydrogen) atoms. The highest BCUT2D eigenvalue weighted by Gasteiger charge is 2.10. The molecule has 0 aliphatic carbocycles. The van der Waals surface area contributed by atoms with Crippen molar-refractivity contribution in [1.82, 2.24) is 9.97 Å². The lowest BCUT2D eigenvalue weighted by atomic mass is 10.2. The molecule has 0 unspecified atom stereocenters. The number of pyridine rings is 2. The minimum Gasteiger partial charge on any atom is -0.478 e. The summed E-state index contributed by atoms with van der Waals surface area (Å²) in [6, 6.07) is 5.61. The molecule has 5 heteroatoms. The van der Waals surface area contributed by atoms with Crippen LogP contribution in [0.1, 0.15) is 27.3 Å². The van der Waals surface area contributed by atoms with Crippen LogP contribution < -0.4 is 5.32 Å². The Kier molecular flexibility index (Phi) is 3.75. The van der Waals surface area contributed by atoms with Crippen molar-refractivity contribution in [2.24, 2.45) is 0 Å². The van der Waals surface area contributed by atoms with E-state index in [0.29, 0.717) is 12.2 Å². The number of aromatic carboxylic acids is 1. The van der Waals surface area contributed by atoms with E-state index < -0.39 is 5.97 Å². The molecule has 2 heterocycles. The number of carboxylic acid groups (broad SMARTS) is 1. The van der Waals surface area contributed by atoms with Crippen LogP contribution in [0.15, 0.2) is 30.6 Å². The third-order valence-electron chi connectivity index (χ3n) is 2.73. The second-order valence-electron chi connectivity index (χ2n) is 4.34. The van der Waals surface area contributed by atoms with Crippen LogP contribution in [0.25, 0.3) is 0 Å². The van der Waals surface area contributed by atoms with E-state index in [1.807, 2.05) is 26.0 Å². The van der Waals surface area contributed by atoms with Crippen LogP contribution in [0.5, 0.6) is 0 Å². The van der Waals surface area contributed by atoms with E-state index in [-0.39, 0.29) is 5.56 Å². The maximum absolute atomic E-state index is 11.1. The number of rotatable bonds is 4. The lowest BCUT2D eigenvalue weighted by Gasteiger charge is -2.10. The first kappa shape index (κ1) is 13.0. The predicted octanol–water partition coefficient (Wildman–Crippen LogP) is 2.40. The SMILES string of the molecule is Cc1ccc(CNc2cc(C)ncc2C(=O)O)cn1. The van der Waals surface area contributed by atoms with Gasteiger partial charge in [-0.15, -0.1) is 0 Å². The lowest BCUT2D eigenvalue weighted by molar-refractivity contribution is 0.0697. The summed E-state index contributed by atoms with van der Waals surface area (Å²) in [5.41, 5.74) is 3.46. The van der Waals surface area contributed by atoms with Gasteiger partial charge in [-0.2, -0.15) is 0 Å². The summed E-state index contributed by atoms with van der Waals surface area (Å²) >= 11 is 0. The number of hydrogen-bond donors (Lipinski definition) is 2. The van der Waals surface area contributed by atoms with Crippen molar-refractivity contribution in [1.29, 1.82) is 0 Å². The van der Waals surface area contributed by atoms with Crippen molar-refractivity contribution in [3.05, 3.63) is 53.1 Å². The van der Waals surface area contributed by atoms with Crippen LogP contribution in [0, 0.1) is 13.8 Å². The fourth-order valence-corrected chi connectivity index (χ4v) is 1.68. The van der Waals surface area contributed by atoms with Gasteiger partial charge in [-0.1, -0.05) is 6.07 Å². The van der Waals surface area contributed by atoms with Crippen LogP contribution in [-0.2, 0) is 6.54 Å². The van der Waals surface area contributed by atoms with Gasteiger partial charge in [-0.3, -0.25) is 9.97 Å². The molecule has 2 rings (SSSR count). The molecule has 0 atom stereocenters. The van der Waals surface area contributed by atoms with Gasteiger partial charge in [-0.25, -0.2) is 4.79 Å². The molecular formula is C14H15N3O2. The zero-order valence-corrected chi connectivity index (χ0v) is 10.8. The molecular weight excluding hydrogens is 242 g/mol. The van der Waals surface area contributed by atoms with Gasteiger partial charge in [0.1, 0.15) is 5.56 Å². The molecule has 0 amide bonds. The highest BCUT2D eigenvalue weighted by molar-refractivity contribution is 5.93. The molecule has 2 aromatic heterocycles. The summed E-state index contributed by atoms with van der Waals surface area (Å²) in [7, 11) is 0. The molecule has 0 saturated heterocycles. The monoisotopic (exact) mass is 257 g/mol. The minimum atomic E-state index is -0.989. The quantitative estimate of drug-likeness (QED) is 0.879. The van der Waals surface area contributed by atoms with Crippen LogP contribution in [0.4, 0.5) is 5.69 Å². The fraction of sp³-hybridized carbons (Fsp3) is 0.214. The topological polar surface area (TPSA) is 75.1 Å². The molecule has 5 nitrogen and oxygen atoms in total. The van der Waals surface area contributed by atoms with Gasteiger partial charge in [0.25, 0.3) is 0 Å². The normalized spacial score (nSPS) is 10.2. The van der Waals surface area contributed by atoms with Crippen molar-refractivity contribution in [2.45, 2.75) is 20.4 Å². The third-order valence-corrected chi connectivity index (χ3v) is 2.73. The Morgan fingerprint density at radius 1 is 1.21 bits per heavy atom. The average molecular weight is 257 g/mol. The maximum atomic E-state index is 11.1. The second kappa shape index (κ2) is 5.48. The van der Waals surface area contributed by atoms with Gasteiger partial charge in [0, 0.05) is 30.3 Å². The Morgan fingerprint density at radius 2 is 1.95 bits per heavy atom. The number of aryl methyl sites for hydroxylation is 2. The van der Waals surface area contributed by atoms with Crippen LogP contribution in [-0.4, -0.2) is 21.0 Å². The van der Waals surface area contributed by atoms with Crippen LogP contribution in [0.3, 0.4) is 0 Å². The van der Waals surface area contributed by atoms with E-state index >= 15 is 0 Å². The molecule has 0 aromatic carbocycles. The molecule has 0 saturated carbocycles. The summed E-state index contributed by atoms with van der Waals surface area (Å²) in [6.07, 6.45) is 3.14. The summed E-state index contributed by atoms with van der Waals surface area (Å²) in [4.78, 5) is 19.3. The Morgan fingerprint density at radius 3 is 2.58 bits per heavy atom. The lowest BCUT2D eigenvalue weighted by Crippen LogP contribution is -2.08. The van der Waals surface area contributed by atoms with E-state index in [9.17, 15) is 4.79 Å². The van der Waals surface area contributed by atoms with Gasteiger partial charge in [0.2, 0.25) is 0 Å². The van der Waals surface area contributed by atoms with E-state index in [4.69, 9.17) is 5.11 Å². The average Bonchev–Trinajstić information content (AvgIpc) is 2.38. The summed E-state index contributed by atoms with van der Waals surface area (Å²) in [5.74, 6) is -0.989. The largest absolute Gasteiger partial charge is 0.478 e. The molecule has 98 valence electrons. The van der Waals surface area contributed by atoms with Crippen LogP contribution >= 0.6 is 0 Å². The number of hydrogen-bond acceptors (Lipinski definition) is 4. The van der Waals surface area contributed by atoms with Crippen molar-refractivity contribution in [2.75, 3.05) is 5.32 Å². The summed E-state index contributed by atoms with van der Waals surface area (Å²) in [5, 5.41) is 12.2. The minimum absolute atomic E-state index is 0.172. The number of anilines is 1.